The molecule has 0 bridgehead atoms. The van der Waals surface area contributed by atoms with Gasteiger partial charge in [-0.25, -0.2) is 17.6 Å². The maximum atomic E-state index is 13.1. The third kappa shape index (κ3) is 4.48. The fraction of sp³-hybridized carbons (Fsp3) is 0.500. The molecule has 20 heavy (non-hydrogen) atoms. The van der Waals surface area contributed by atoms with E-state index in [0.717, 1.165) is 12.1 Å². The molecular formula is C12H16Cl2F4N2. The standard InChI is InChI=1S/C12H14F4N2.2ClH/c13-9-2-1-8(7-10(9)14)11(12(15)16)18-5-3-17-4-6-18;;/h1-2,7,11-12,17H,3-6H2;2*1H/t11-;;/m0../s1. The Hall–Kier alpha value is -0.560. The number of hydrogen-bond acceptors (Lipinski definition) is 2. The molecule has 2 nitrogen and oxygen atoms in total. The Labute approximate surface area is 127 Å². The van der Waals surface area contributed by atoms with Crippen LogP contribution in [0.4, 0.5) is 17.6 Å². The van der Waals surface area contributed by atoms with Crippen molar-refractivity contribution in [2.24, 2.45) is 0 Å². The van der Waals surface area contributed by atoms with Crippen molar-refractivity contribution in [1.82, 2.24) is 10.2 Å². The molecule has 1 aromatic carbocycles. The van der Waals surface area contributed by atoms with E-state index in [0.29, 0.717) is 26.2 Å². The van der Waals surface area contributed by atoms with E-state index >= 15 is 0 Å². The molecule has 8 heteroatoms. The number of alkyl halides is 2. The van der Waals surface area contributed by atoms with Crippen LogP contribution >= 0.6 is 24.8 Å². The van der Waals surface area contributed by atoms with Crippen LogP contribution in [0.2, 0.25) is 0 Å². The lowest BCUT2D eigenvalue weighted by Gasteiger charge is -2.34. The normalized spacial score (nSPS) is 17.2. The van der Waals surface area contributed by atoms with Gasteiger partial charge in [0, 0.05) is 26.2 Å². The summed E-state index contributed by atoms with van der Waals surface area (Å²) in [6.07, 6.45) is -2.63. The van der Waals surface area contributed by atoms with E-state index in [4.69, 9.17) is 0 Å². The topological polar surface area (TPSA) is 15.3 Å². The number of piperazine rings is 1. The van der Waals surface area contributed by atoms with Crippen molar-refractivity contribution in [1.29, 1.82) is 0 Å². The summed E-state index contributed by atoms with van der Waals surface area (Å²) < 4.78 is 52.2. The van der Waals surface area contributed by atoms with Crippen LogP contribution in [0.3, 0.4) is 0 Å². The molecule has 0 aromatic heterocycles. The van der Waals surface area contributed by atoms with Crippen molar-refractivity contribution in [3.8, 4) is 0 Å². The highest BCUT2D eigenvalue weighted by Gasteiger charge is 2.30. The van der Waals surface area contributed by atoms with Gasteiger partial charge in [-0.05, 0) is 17.7 Å². The van der Waals surface area contributed by atoms with Crippen molar-refractivity contribution in [2.45, 2.75) is 12.5 Å². The molecule has 1 aliphatic heterocycles. The van der Waals surface area contributed by atoms with E-state index in [1.165, 1.54) is 6.07 Å². The van der Waals surface area contributed by atoms with E-state index in [1.54, 1.807) is 4.90 Å². The summed E-state index contributed by atoms with van der Waals surface area (Å²) in [4.78, 5) is 1.59. The second kappa shape index (κ2) is 8.67. The Morgan fingerprint density at radius 1 is 1.00 bits per heavy atom. The molecule has 1 aromatic rings. The smallest absolute Gasteiger partial charge is 0.258 e. The van der Waals surface area contributed by atoms with Gasteiger partial charge in [0.2, 0.25) is 0 Å². The fourth-order valence-corrected chi connectivity index (χ4v) is 2.17. The molecule has 1 N–H and O–H groups in total. The van der Waals surface area contributed by atoms with Gasteiger partial charge in [-0.3, -0.25) is 4.90 Å². The van der Waals surface area contributed by atoms with Gasteiger partial charge in [-0.15, -0.1) is 24.8 Å². The van der Waals surface area contributed by atoms with Crippen LogP contribution in [-0.4, -0.2) is 37.5 Å². The minimum Gasteiger partial charge on any atom is -0.314 e. The summed E-state index contributed by atoms with van der Waals surface area (Å²) in [6.45, 7) is 2.17. The Bertz CT molecular complexity index is 414. The SMILES string of the molecule is Cl.Cl.Fc1ccc([C@@H](C(F)F)N2CCNCC2)cc1F. The van der Waals surface area contributed by atoms with Crippen molar-refractivity contribution in [3.05, 3.63) is 35.4 Å². The number of hydrogen-bond donors (Lipinski definition) is 1. The third-order valence-electron chi connectivity index (χ3n) is 3.07. The largest absolute Gasteiger partial charge is 0.314 e. The molecule has 0 spiro atoms. The Morgan fingerprint density at radius 2 is 1.60 bits per heavy atom. The first-order chi connectivity index (χ1) is 8.59. The minimum atomic E-state index is -2.63. The van der Waals surface area contributed by atoms with Crippen LogP contribution in [0.5, 0.6) is 0 Å². The summed E-state index contributed by atoms with van der Waals surface area (Å²) in [5.41, 5.74) is 0.116. The Balaban J connectivity index is 0.00000180. The van der Waals surface area contributed by atoms with Gasteiger partial charge < -0.3 is 5.32 Å². The first-order valence-electron chi connectivity index (χ1n) is 5.77. The maximum absolute atomic E-state index is 13.1. The first-order valence-corrected chi connectivity index (χ1v) is 5.77. The molecule has 2 rings (SSSR count). The number of halogens is 6. The lowest BCUT2D eigenvalue weighted by Crippen LogP contribution is -2.46. The minimum absolute atomic E-state index is 0. The van der Waals surface area contributed by atoms with Crippen LogP contribution in [0.25, 0.3) is 0 Å². The number of rotatable bonds is 3. The quantitative estimate of drug-likeness (QED) is 0.855. The first kappa shape index (κ1) is 19.4. The zero-order valence-corrected chi connectivity index (χ0v) is 12.1. The van der Waals surface area contributed by atoms with Crippen LogP contribution in [-0.2, 0) is 0 Å². The number of nitrogens with one attached hydrogen (secondary N) is 1. The van der Waals surface area contributed by atoms with Gasteiger partial charge in [0.05, 0.1) is 6.04 Å². The van der Waals surface area contributed by atoms with E-state index in [9.17, 15) is 17.6 Å². The molecule has 1 fully saturated rings. The summed E-state index contributed by atoms with van der Waals surface area (Å²) in [6, 6.07) is 1.79. The highest BCUT2D eigenvalue weighted by molar-refractivity contribution is 5.85. The average molecular weight is 335 g/mol. The lowest BCUT2D eigenvalue weighted by molar-refractivity contribution is 0.0180. The molecular weight excluding hydrogens is 319 g/mol. The molecule has 1 heterocycles. The summed E-state index contributed by atoms with van der Waals surface area (Å²) in [7, 11) is 0. The molecule has 0 aliphatic carbocycles. The number of benzene rings is 1. The summed E-state index contributed by atoms with van der Waals surface area (Å²) >= 11 is 0. The zero-order valence-electron chi connectivity index (χ0n) is 10.5. The van der Waals surface area contributed by atoms with Crippen LogP contribution in [0, 0.1) is 11.6 Å². The van der Waals surface area contributed by atoms with E-state index in [-0.39, 0.29) is 30.4 Å². The predicted octanol–water partition coefficient (Wildman–Crippen LogP) is 3.02. The molecule has 1 aliphatic rings. The lowest BCUT2D eigenvalue weighted by atomic mass is 10.0. The van der Waals surface area contributed by atoms with Gasteiger partial charge >= 0.3 is 0 Å². The molecule has 0 radical (unpaired) electrons. The van der Waals surface area contributed by atoms with Gasteiger partial charge in [0.1, 0.15) is 0 Å². The highest BCUT2D eigenvalue weighted by Crippen LogP contribution is 2.28. The van der Waals surface area contributed by atoms with Crippen LogP contribution in [0.1, 0.15) is 11.6 Å². The molecule has 1 atom stereocenters. The van der Waals surface area contributed by atoms with Crippen molar-refractivity contribution >= 4 is 24.8 Å². The second-order valence-corrected chi connectivity index (χ2v) is 4.24. The Morgan fingerprint density at radius 3 is 2.10 bits per heavy atom. The van der Waals surface area contributed by atoms with Gasteiger partial charge in [0.25, 0.3) is 6.43 Å². The third-order valence-corrected chi connectivity index (χ3v) is 3.07. The van der Waals surface area contributed by atoms with Gasteiger partial charge in [-0.1, -0.05) is 6.07 Å². The molecule has 0 unspecified atom stereocenters. The zero-order chi connectivity index (χ0) is 13.1. The molecule has 1 saturated heterocycles. The van der Waals surface area contributed by atoms with Gasteiger partial charge in [-0.2, -0.15) is 0 Å². The fourth-order valence-electron chi connectivity index (χ4n) is 2.17. The van der Waals surface area contributed by atoms with E-state index in [2.05, 4.69) is 5.32 Å². The van der Waals surface area contributed by atoms with Crippen molar-refractivity contribution in [2.75, 3.05) is 26.2 Å². The number of nitrogens with zero attached hydrogens (tertiary/aromatic N) is 1. The summed E-state index contributed by atoms with van der Waals surface area (Å²) in [5.74, 6) is -2.11. The second-order valence-electron chi connectivity index (χ2n) is 4.24. The van der Waals surface area contributed by atoms with Crippen LogP contribution in [0.15, 0.2) is 18.2 Å². The maximum Gasteiger partial charge on any atom is 0.258 e. The van der Waals surface area contributed by atoms with Crippen molar-refractivity contribution in [3.63, 3.8) is 0 Å². The molecule has 0 saturated carbocycles. The Kier molecular flexibility index (Phi) is 8.42. The molecule has 0 amide bonds. The monoisotopic (exact) mass is 334 g/mol. The van der Waals surface area contributed by atoms with Gasteiger partial charge in [0.15, 0.2) is 11.6 Å². The average Bonchev–Trinajstić information content (AvgIpc) is 2.35. The predicted molar refractivity (Wildman–Crippen MR) is 74.0 cm³/mol. The van der Waals surface area contributed by atoms with E-state index in [1.807, 2.05) is 0 Å². The molecule has 116 valence electrons. The van der Waals surface area contributed by atoms with Crippen molar-refractivity contribution < 1.29 is 17.6 Å². The highest BCUT2D eigenvalue weighted by atomic mass is 35.5. The van der Waals surface area contributed by atoms with E-state index < -0.39 is 24.1 Å². The van der Waals surface area contributed by atoms with Crippen LogP contribution < -0.4 is 5.32 Å². The summed E-state index contributed by atoms with van der Waals surface area (Å²) in [5, 5.41) is 3.06.